The third kappa shape index (κ3) is 4.18. The monoisotopic (exact) mass is 609 g/mol. The number of aromatic nitrogens is 3. The zero-order valence-corrected chi connectivity index (χ0v) is 25.9. The number of benzene rings is 7. The predicted octanol–water partition coefficient (Wildman–Crippen LogP) is 11.8. The van der Waals surface area contributed by atoms with Crippen molar-refractivity contribution in [3.8, 4) is 33.6 Å². The Morgan fingerprint density at radius 2 is 0.812 bits per heavy atom. The summed E-state index contributed by atoms with van der Waals surface area (Å²) in [5, 5.41) is 9.36. The molecule has 0 aliphatic heterocycles. The quantitative estimate of drug-likeness (QED) is 0.148. The first-order valence-corrected chi connectivity index (χ1v) is 16.3. The Kier molecular flexibility index (Phi) is 5.87. The third-order valence-corrected chi connectivity index (χ3v) is 9.62. The second kappa shape index (κ2) is 10.5. The molecule has 3 nitrogen and oxygen atoms in total. The van der Waals surface area contributed by atoms with E-state index in [4.69, 9.17) is 15.0 Å². The van der Waals surface area contributed by atoms with Crippen molar-refractivity contribution in [1.29, 1.82) is 0 Å². The minimum absolute atomic E-state index is 0.909. The number of fused-ring (bicyclic) bond motifs is 8. The maximum absolute atomic E-state index is 5.31. The lowest BCUT2D eigenvalue weighted by molar-refractivity contribution is 1.37. The Labute approximate surface area is 276 Å². The van der Waals surface area contributed by atoms with Gasteiger partial charge in [0, 0.05) is 38.2 Å². The molecular formula is C45H27N3. The minimum atomic E-state index is 0.909. The molecule has 10 rings (SSSR count). The molecular weight excluding hydrogens is 583 g/mol. The fourth-order valence-electron chi connectivity index (χ4n) is 7.30. The summed E-state index contributed by atoms with van der Waals surface area (Å²) >= 11 is 0. The molecule has 0 spiro atoms. The summed E-state index contributed by atoms with van der Waals surface area (Å²) in [5.41, 5.74) is 10.3. The van der Waals surface area contributed by atoms with Crippen LogP contribution in [0.5, 0.6) is 0 Å². The molecule has 0 bridgehead atoms. The molecule has 10 aromatic rings. The highest BCUT2D eigenvalue weighted by Gasteiger charge is 2.14. The van der Waals surface area contributed by atoms with Gasteiger partial charge in [0.2, 0.25) is 0 Å². The Balaban J connectivity index is 1.11. The highest BCUT2D eigenvalue weighted by atomic mass is 14.8. The van der Waals surface area contributed by atoms with Crippen LogP contribution in [0.25, 0.3) is 98.8 Å². The Bertz CT molecular complexity index is 2840. The first kappa shape index (κ1) is 26.7. The van der Waals surface area contributed by atoms with E-state index < -0.39 is 0 Å². The van der Waals surface area contributed by atoms with E-state index >= 15 is 0 Å². The van der Waals surface area contributed by atoms with Crippen LogP contribution in [-0.4, -0.2) is 15.0 Å². The first-order chi connectivity index (χ1) is 23.8. The van der Waals surface area contributed by atoms with Gasteiger partial charge in [-0.15, -0.1) is 0 Å². The number of hydrogen-bond acceptors (Lipinski definition) is 3. The van der Waals surface area contributed by atoms with Crippen molar-refractivity contribution in [1.82, 2.24) is 15.0 Å². The van der Waals surface area contributed by atoms with Gasteiger partial charge < -0.3 is 0 Å². The van der Waals surface area contributed by atoms with Gasteiger partial charge in [-0.3, -0.25) is 0 Å². The highest BCUT2D eigenvalue weighted by molar-refractivity contribution is 6.14. The van der Waals surface area contributed by atoms with Crippen molar-refractivity contribution < 1.29 is 0 Å². The van der Waals surface area contributed by atoms with Gasteiger partial charge in [0.1, 0.15) is 0 Å². The molecule has 0 aliphatic rings. The van der Waals surface area contributed by atoms with Crippen LogP contribution in [0.1, 0.15) is 0 Å². The van der Waals surface area contributed by atoms with E-state index in [-0.39, 0.29) is 0 Å². The molecule has 0 atom stereocenters. The number of nitrogens with zero attached hydrogens (tertiary/aromatic N) is 3. The van der Waals surface area contributed by atoms with E-state index in [1.165, 1.54) is 27.1 Å². The van der Waals surface area contributed by atoms with E-state index in [1.807, 2.05) is 12.1 Å². The average Bonchev–Trinajstić information content (AvgIpc) is 3.16. The van der Waals surface area contributed by atoms with Crippen LogP contribution in [0, 0.1) is 0 Å². The fourth-order valence-corrected chi connectivity index (χ4v) is 7.30. The zero-order valence-electron chi connectivity index (χ0n) is 25.9. The second-order valence-corrected chi connectivity index (χ2v) is 12.4. The summed E-state index contributed by atoms with van der Waals surface area (Å²) in [5.74, 6) is 0. The topological polar surface area (TPSA) is 38.7 Å². The van der Waals surface area contributed by atoms with Crippen LogP contribution in [0.3, 0.4) is 0 Å². The molecule has 0 radical (unpaired) electrons. The van der Waals surface area contributed by atoms with Crippen LogP contribution >= 0.6 is 0 Å². The standard InChI is InChI=1S/C45H27N3/c1-2-10-33-32(9-1)27-38(35-12-4-3-11-34(33)35)42-26-24-31-22-21-30-23-25-39(47-44(30)45(31)48-42)28-17-19-29(20-18-28)43-36-13-5-7-15-40(36)46-41-16-8-6-14-37(41)43/h1-27H. The largest absolute Gasteiger partial charge is 0.248 e. The molecule has 0 saturated carbocycles. The van der Waals surface area contributed by atoms with Gasteiger partial charge in [-0.2, -0.15) is 0 Å². The van der Waals surface area contributed by atoms with E-state index in [9.17, 15) is 0 Å². The normalized spacial score (nSPS) is 11.8. The molecule has 0 amide bonds. The van der Waals surface area contributed by atoms with Crippen LogP contribution in [0.15, 0.2) is 164 Å². The lowest BCUT2D eigenvalue weighted by Gasteiger charge is -2.13. The Hall–Kier alpha value is -6.45. The first-order valence-electron chi connectivity index (χ1n) is 16.3. The molecule has 0 saturated heterocycles. The van der Waals surface area contributed by atoms with Crippen molar-refractivity contribution in [2.24, 2.45) is 0 Å². The Morgan fingerprint density at radius 3 is 1.50 bits per heavy atom. The summed E-state index contributed by atoms with van der Waals surface area (Å²) in [6, 6.07) is 57.9. The molecule has 0 unspecified atom stereocenters. The van der Waals surface area contributed by atoms with Crippen molar-refractivity contribution in [3.05, 3.63) is 164 Å². The summed E-state index contributed by atoms with van der Waals surface area (Å²) in [7, 11) is 0. The van der Waals surface area contributed by atoms with Crippen LogP contribution in [0.2, 0.25) is 0 Å². The molecule has 0 fully saturated rings. The maximum Gasteiger partial charge on any atom is 0.0972 e. The van der Waals surface area contributed by atoms with Crippen LogP contribution in [0.4, 0.5) is 0 Å². The van der Waals surface area contributed by atoms with E-state index in [0.29, 0.717) is 0 Å². The Morgan fingerprint density at radius 1 is 0.312 bits per heavy atom. The maximum atomic E-state index is 5.31. The predicted molar refractivity (Wildman–Crippen MR) is 201 cm³/mol. The SMILES string of the molecule is c1ccc2c(c1)cc(-c1ccc3ccc4ccc(-c5ccc(-c6c7ccccc7nc7ccccc67)cc5)nc4c3n1)c1ccccc12. The van der Waals surface area contributed by atoms with Gasteiger partial charge in [-0.05, 0) is 57.4 Å². The van der Waals surface area contributed by atoms with Crippen molar-refractivity contribution in [2.75, 3.05) is 0 Å². The van der Waals surface area contributed by atoms with Gasteiger partial charge in [0.15, 0.2) is 0 Å². The molecule has 3 aromatic heterocycles. The summed E-state index contributed by atoms with van der Waals surface area (Å²) in [6.45, 7) is 0. The van der Waals surface area contributed by atoms with E-state index in [2.05, 4.69) is 152 Å². The number of para-hydroxylation sites is 2. The molecule has 3 heteroatoms. The highest BCUT2D eigenvalue weighted by Crippen LogP contribution is 2.38. The number of hydrogen-bond donors (Lipinski definition) is 0. The summed E-state index contributed by atoms with van der Waals surface area (Å²) in [6.07, 6.45) is 0. The van der Waals surface area contributed by atoms with Gasteiger partial charge in [0.05, 0.1) is 33.5 Å². The smallest absolute Gasteiger partial charge is 0.0972 e. The molecule has 48 heavy (non-hydrogen) atoms. The summed E-state index contributed by atoms with van der Waals surface area (Å²) < 4.78 is 0. The van der Waals surface area contributed by atoms with Crippen molar-refractivity contribution >= 4 is 65.2 Å². The van der Waals surface area contributed by atoms with Gasteiger partial charge >= 0.3 is 0 Å². The molecule has 222 valence electrons. The molecule has 0 aliphatic carbocycles. The fraction of sp³-hybridized carbons (Fsp3) is 0. The van der Waals surface area contributed by atoms with E-state index in [0.717, 1.165) is 71.7 Å². The minimum Gasteiger partial charge on any atom is -0.248 e. The average molecular weight is 610 g/mol. The van der Waals surface area contributed by atoms with Gasteiger partial charge in [0.25, 0.3) is 0 Å². The van der Waals surface area contributed by atoms with Crippen molar-refractivity contribution in [2.45, 2.75) is 0 Å². The lowest BCUT2D eigenvalue weighted by atomic mass is 9.95. The third-order valence-electron chi connectivity index (χ3n) is 9.62. The zero-order chi connectivity index (χ0) is 31.6. The second-order valence-electron chi connectivity index (χ2n) is 12.4. The molecule has 7 aromatic carbocycles. The summed E-state index contributed by atoms with van der Waals surface area (Å²) in [4.78, 5) is 15.5. The van der Waals surface area contributed by atoms with Gasteiger partial charge in [-0.25, -0.2) is 15.0 Å². The molecule has 0 N–H and O–H groups in total. The molecule has 3 heterocycles. The van der Waals surface area contributed by atoms with Crippen LogP contribution < -0.4 is 0 Å². The number of rotatable bonds is 3. The van der Waals surface area contributed by atoms with Crippen molar-refractivity contribution in [3.63, 3.8) is 0 Å². The van der Waals surface area contributed by atoms with E-state index in [1.54, 1.807) is 0 Å². The van der Waals surface area contributed by atoms with Gasteiger partial charge in [-0.1, -0.05) is 133 Å². The lowest BCUT2D eigenvalue weighted by Crippen LogP contribution is -1.92. The van der Waals surface area contributed by atoms with Crippen LogP contribution in [-0.2, 0) is 0 Å². The number of pyridine rings is 3.